The largest absolute Gasteiger partial charge is 0.507 e. The third kappa shape index (κ3) is 4.94. The number of hydrogen-bond donors (Lipinski definition) is 2. The lowest BCUT2D eigenvalue weighted by Gasteiger charge is -2.33. The predicted molar refractivity (Wildman–Crippen MR) is 132 cm³/mol. The molecule has 2 aromatic carbocycles. The average Bonchev–Trinajstić information content (AvgIpc) is 2.79. The summed E-state index contributed by atoms with van der Waals surface area (Å²) >= 11 is 0. The van der Waals surface area contributed by atoms with E-state index in [0.29, 0.717) is 36.4 Å². The van der Waals surface area contributed by atoms with Gasteiger partial charge in [-0.25, -0.2) is 0 Å². The van der Waals surface area contributed by atoms with E-state index in [9.17, 15) is 19.8 Å². The van der Waals surface area contributed by atoms with Gasteiger partial charge in [-0.1, -0.05) is 44.2 Å². The molecule has 2 N–H and O–H groups in total. The van der Waals surface area contributed by atoms with Gasteiger partial charge in [0.1, 0.15) is 28.2 Å². The number of carbonyl (C=O) groups is 1. The Kier molecular flexibility index (Phi) is 6.93. The van der Waals surface area contributed by atoms with Crippen LogP contribution in [0, 0.1) is 5.92 Å². The highest BCUT2D eigenvalue weighted by atomic mass is 16.3. The van der Waals surface area contributed by atoms with E-state index in [1.807, 2.05) is 42.3 Å². The minimum Gasteiger partial charge on any atom is -0.507 e. The maximum Gasteiger partial charge on any atom is 0.223 e. The van der Waals surface area contributed by atoms with E-state index in [-0.39, 0.29) is 46.6 Å². The van der Waals surface area contributed by atoms with Gasteiger partial charge in [-0.2, -0.15) is 0 Å². The summed E-state index contributed by atoms with van der Waals surface area (Å²) in [5.74, 6) is -0.283. The maximum absolute atomic E-state index is 13.2. The summed E-state index contributed by atoms with van der Waals surface area (Å²) in [6.07, 6.45) is 0.806. The molecule has 7 nitrogen and oxygen atoms in total. The topological polar surface area (TPSA) is 94.2 Å². The van der Waals surface area contributed by atoms with Crippen molar-refractivity contribution in [2.75, 3.05) is 33.2 Å². The molecule has 1 fully saturated rings. The molecular formula is C27H32N2O5. The van der Waals surface area contributed by atoms with Gasteiger partial charge in [0.15, 0.2) is 5.43 Å². The number of aromatic hydroxyl groups is 2. The van der Waals surface area contributed by atoms with Gasteiger partial charge in [-0.15, -0.1) is 0 Å². The van der Waals surface area contributed by atoms with Crippen molar-refractivity contribution in [2.45, 2.75) is 32.6 Å². The zero-order valence-corrected chi connectivity index (χ0v) is 20.0. The van der Waals surface area contributed by atoms with E-state index < -0.39 is 5.43 Å². The van der Waals surface area contributed by atoms with Crippen LogP contribution in [0.1, 0.15) is 38.2 Å². The molecule has 2 heterocycles. The number of phenolic OH excluding ortho intramolecular Hbond substituents is 2. The van der Waals surface area contributed by atoms with E-state index in [0.717, 1.165) is 13.1 Å². The first-order valence-corrected chi connectivity index (χ1v) is 11.8. The molecule has 34 heavy (non-hydrogen) atoms. The third-order valence-corrected chi connectivity index (χ3v) is 6.50. The molecule has 4 rings (SSSR count). The first kappa shape index (κ1) is 23.8. The van der Waals surface area contributed by atoms with E-state index in [1.54, 1.807) is 0 Å². The van der Waals surface area contributed by atoms with E-state index in [2.05, 4.69) is 18.7 Å². The Labute approximate surface area is 199 Å². The lowest BCUT2D eigenvalue weighted by atomic mass is 9.85. The third-order valence-electron chi connectivity index (χ3n) is 6.50. The lowest BCUT2D eigenvalue weighted by Crippen LogP contribution is -2.47. The normalized spacial score (nSPS) is 15.7. The van der Waals surface area contributed by atoms with Crippen molar-refractivity contribution in [3.63, 3.8) is 0 Å². The molecule has 3 aromatic rings. The number of hydrogen-bond acceptors (Lipinski definition) is 6. The lowest BCUT2D eigenvalue weighted by molar-refractivity contribution is -0.133. The zero-order chi connectivity index (χ0) is 24.4. The smallest absolute Gasteiger partial charge is 0.223 e. The number of fused-ring (bicyclic) bond motifs is 1. The fourth-order valence-corrected chi connectivity index (χ4v) is 4.73. The summed E-state index contributed by atoms with van der Waals surface area (Å²) in [7, 11) is 2.04. The molecule has 1 saturated heterocycles. The molecule has 7 heteroatoms. The predicted octanol–water partition coefficient (Wildman–Crippen LogP) is 4.17. The van der Waals surface area contributed by atoms with Gasteiger partial charge in [0.2, 0.25) is 5.91 Å². The average molecular weight is 465 g/mol. The van der Waals surface area contributed by atoms with Gasteiger partial charge in [0.25, 0.3) is 0 Å². The van der Waals surface area contributed by atoms with Gasteiger partial charge >= 0.3 is 0 Å². The number of benzene rings is 2. The van der Waals surface area contributed by atoms with Crippen LogP contribution in [0.5, 0.6) is 11.5 Å². The van der Waals surface area contributed by atoms with Crippen molar-refractivity contribution < 1.29 is 19.4 Å². The monoisotopic (exact) mass is 464 g/mol. The molecule has 0 bridgehead atoms. The number of piperazine rings is 1. The molecule has 0 aliphatic carbocycles. The van der Waals surface area contributed by atoms with E-state index >= 15 is 0 Å². The minimum atomic E-state index is -0.396. The standard InChI is InChI=1S/C27H32N2O5/c1-17(2)13-19(14-24(33)29-11-9-28(3)10-12-29)25-20(30)15-21(31)26-22(32)16-23(34-27(25)26)18-7-5-4-6-8-18/h4-8,15-17,19,30-31H,9-14H2,1-3H3/t19-/m0/s1. The number of rotatable bonds is 6. The first-order chi connectivity index (χ1) is 16.2. The van der Waals surface area contributed by atoms with Gasteiger partial charge in [0, 0.05) is 61.8 Å². The summed E-state index contributed by atoms with van der Waals surface area (Å²) in [4.78, 5) is 30.3. The molecule has 1 aliphatic heterocycles. The van der Waals surface area contributed by atoms with Crippen molar-refractivity contribution in [3.8, 4) is 22.8 Å². The van der Waals surface area contributed by atoms with Crippen LogP contribution >= 0.6 is 0 Å². The highest BCUT2D eigenvalue weighted by Crippen LogP contribution is 2.42. The molecular weight excluding hydrogens is 432 g/mol. The summed E-state index contributed by atoms with van der Waals surface area (Å²) < 4.78 is 6.17. The molecule has 1 aliphatic rings. The fraction of sp³-hybridized carbons (Fsp3) is 0.407. The van der Waals surface area contributed by atoms with Gasteiger partial charge in [-0.05, 0) is 19.4 Å². The van der Waals surface area contributed by atoms with Gasteiger partial charge in [0.05, 0.1) is 0 Å². The van der Waals surface area contributed by atoms with Crippen LogP contribution in [0.15, 0.2) is 51.7 Å². The van der Waals surface area contributed by atoms with Crippen molar-refractivity contribution in [3.05, 3.63) is 58.3 Å². The molecule has 0 saturated carbocycles. The van der Waals surface area contributed by atoms with E-state index in [1.165, 1.54) is 12.1 Å². The van der Waals surface area contributed by atoms with Crippen LogP contribution in [0.4, 0.5) is 0 Å². The Morgan fingerprint density at radius 3 is 2.35 bits per heavy atom. The molecule has 180 valence electrons. The van der Waals surface area contributed by atoms with Crippen molar-refractivity contribution in [1.29, 1.82) is 0 Å². The van der Waals surface area contributed by atoms with Gasteiger partial charge in [-0.3, -0.25) is 9.59 Å². The Hall–Kier alpha value is -3.32. The zero-order valence-electron chi connectivity index (χ0n) is 20.0. The summed E-state index contributed by atoms with van der Waals surface area (Å²) in [5, 5.41) is 21.4. The first-order valence-electron chi connectivity index (χ1n) is 11.8. The van der Waals surface area contributed by atoms with Crippen LogP contribution in [-0.2, 0) is 4.79 Å². The highest BCUT2D eigenvalue weighted by molar-refractivity contribution is 5.90. The summed E-state index contributed by atoms with van der Waals surface area (Å²) in [6.45, 7) is 7.09. The number of carbonyl (C=O) groups excluding carboxylic acids is 1. The Morgan fingerprint density at radius 2 is 1.71 bits per heavy atom. The Bertz CT molecular complexity index is 1230. The molecule has 1 atom stereocenters. The van der Waals surface area contributed by atoms with Crippen LogP contribution < -0.4 is 5.43 Å². The number of likely N-dealkylation sites (N-methyl/N-ethyl adjacent to an activating group) is 1. The quantitative estimate of drug-likeness (QED) is 0.569. The second kappa shape index (κ2) is 9.89. The van der Waals surface area contributed by atoms with Crippen LogP contribution in [0.2, 0.25) is 0 Å². The molecule has 1 aromatic heterocycles. The summed E-state index contributed by atoms with van der Waals surface area (Å²) in [6, 6.07) is 11.8. The molecule has 0 unspecified atom stereocenters. The minimum absolute atomic E-state index is 0.0148. The number of nitrogens with zero attached hydrogens (tertiary/aromatic N) is 2. The number of amides is 1. The Balaban J connectivity index is 1.82. The summed E-state index contributed by atoms with van der Waals surface area (Å²) in [5.41, 5.74) is 0.858. The molecule has 0 spiro atoms. The van der Waals surface area contributed by atoms with Gasteiger partial charge < -0.3 is 24.4 Å². The van der Waals surface area contributed by atoms with Crippen LogP contribution in [0.3, 0.4) is 0 Å². The van der Waals surface area contributed by atoms with E-state index in [4.69, 9.17) is 4.42 Å². The second-order valence-electron chi connectivity index (χ2n) is 9.59. The number of phenols is 2. The SMILES string of the molecule is CC(C)C[C@@H](CC(=O)N1CCN(C)CC1)c1c(O)cc(O)c2c(=O)cc(-c3ccccc3)oc12. The van der Waals surface area contributed by atoms with Crippen LogP contribution in [-0.4, -0.2) is 59.1 Å². The van der Waals surface area contributed by atoms with Crippen molar-refractivity contribution in [2.24, 2.45) is 5.92 Å². The second-order valence-corrected chi connectivity index (χ2v) is 9.59. The Morgan fingerprint density at radius 1 is 1.03 bits per heavy atom. The van der Waals surface area contributed by atoms with Crippen LogP contribution in [0.25, 0.3) is 22.3 Å². The highest BCUT2D eigenvalue weighted by Gasteiger charge is 2.29. The van der Waals surface area contributed by atoms with Crippen molar-refractivity contribution in [1.82, 2.24) is 9.80 Å². The molecule has 0 radical (unpaired) electrons. The molecule has 1 amide bonds. The van der Waals surface area contributed by atoms with Crippen molar-refractivity contribution >= 4 is 16.9 Å². The maximum atomic E-state index is 13.2. The fourth-order valence-electron chi connectivity index (χ4n) is 4.73.